The minimum Gasteiger partial charge on any atom is -0.490 e. The molecule has 2 aliphatic heterocycles. The number of ether oxygens (including phenoxy) is 2. The lowest BCUT2D eigenvalue weighted by atomic mass is 10.2. The molecule has 1 saturated heterocycles. The summed E-state index contributed by atoms with van der Waals surface area (Å²) in [4.78, 5) is 14.7. The van der Waals surface area contributed by atoms with Crippen molar-refractivity contribution in [1.82, 2.24) is 10.2 Å². The van der Waals surface area contributed by atoms with Crippen LogP contribution in [0.15, 0.2) is 23.1 Å². The molecule has 2 heterocycles. The zero-order chi connectivity index (χ0) is 19.3. The number of rotatable bonds is 7. The SMILES string of the molecule is CCCN(C(=O)CCS(=O)(=O)c1ccc2c(c1)OCCCO2)C1CCNC1.Cl. The maximum absolute atomic E-state index is 12.7. The van der Waals surface area contributed by atoms with Crippen LogP contribution in [0.4, 0.5) is 0 Å². The van der Waals surface area contributed by atoms with Crippen LogP contribution in [-0.4, -0.2) is 63.9 Å². The van der Waals surface area contributed by atoms with Crippen molar-refractivity contribution in [1.29, 1.82) is 0 Å². The number of nitrogens with zero attached hydrogens (tertiary/aromatic N) is 1. The standard InChI is InChI=1S/C19H28N2O5S.ClH/c1-2-9-21(15-6-8-20-14-15)19(22)7-12-27(23,24)16-4-5-17-18(13-16)26-11-3-10-25-17;/h4-5,13,15,20H,2-3,6-12,14H2,1H3;1H. The maximum Gasteiger partial charge on any atom is 0.223 e. The quantitative estimate of drug-likeness (QED) is 0.709. The Labute approximate surface area is 173 Å². The zero-order valence-corrected chi connectivity index (χ0v) is 17.8. The van der Waals surface area contributed by atoms with Crippen molar-refractivity contribution in [2.45, 2.75) is 43.5 Å². The second-order valence-corrected chi connectivity index (χ2v) is 9.07. The Morgan fingerprint density at radius 1 is 1.25 bits per heavy atom. The van der Waals surface area contributed by atoms with Crippen molar-refractivity contribution in [2.24, 2.45) is 0 Å². The smallest absolute Gasteiger partial charge is 0.223 e. The predicted octanol–water partition coefficient (Wildman–Crippen LogP) is 2.03. The van der Waals surface area contributed by atoms with Gasteiger partial charge in [0.05, 0.1) is 23.9 Å². The van der Waals surface area contributed by atoms with Gasteiger partial charge in [0.2, 0.25) is 5.91 Å². The molecular weight excluding hydrogens is 404 g/mol. The molecule has 1 N–H and O–H groups in total. The van der Waals surface area contributed by atoms with Gasteiger partial charge in [-0.05, 0) is 31.5 Å². The number of carbonyl (C=O) groups excluding carboxylic acids is 1. The summed E-state index contributed by atoms with van der Waals surface area (Å²) in [5, 5.41) is 3.26. The highest BCUT2D eigenvalue weighted by atomic mass is 35.5. The molecule has 1 aromatic rings. The number of hydrogen-bond acceptors (Lipinski definition) is 6. The molecule has 158 valence electrons. The average Bonchev–Trinajstić information content (AvgIpc) is 3.08. The van der Waals surface area contributed by atoms with Gasteiger partial charge in [0, 0.05) is 38.0 Å². The Morgan fingerprint density at radius 3 is 2.68 bits per heavy atom. The Hall–Kier alpha value is -1.51. The second-order valence-electron chi connectivity index (χ2n) is 6.96. The molecule has 0 aliphatic carbocycles. The normalized spacial score (nSPS) is 18.8. The van der Waals surface area contributed by atoms with Crippen molar-refractivity contribution >= 4 is 28.2 Å². The van der Waals surface area contributed by atoms with Crippen LogP contribution in [0.3, 0.4) is 0 Å². The van der Waals surface area contributed by atoms with Gasteiger partial charge in [0.1, 0.15) is 0 Å². The third kappa shape index (κ3) is 5.52. The molecule has 9 heteroatoms. The number of halogens is 1. The first-order chi connectivity index (χ1) is 13.0. The van der Waals surface area contributed by atoms with E-state index in [1.807, 2.05) is 11.8 Å². The van der Waals surface area contributed by atoms with Crippen LogP contribution in [0.1, 0.15) is 32.6 Å². The van der Waals surface area contributed by atoms with E-state index >= 15 is 0 Å². The summed E-state index contributed by atoms with van der Waals surface area (Å²) < 4.78 is 36.6. The van der Waals surface area contributed by atoms with Gasteiger partial charge in [0.25, 0.3) is 0 Å². The molecule has 28 heavy (non-hydrogen) atoms. The van der Waals surface area contributed by atoms with Gasteiger partial charge in [-0.3, -0.25) is 4.79 Å². The molecule has 0 spiro atoms. The highest BCUT2D eigenvalue weighted by Crippen LogP contribution is 2.32. The zero-order valence-electron chi connectivity index (χ0n) is 16.2. The molecule has 1 unspecified atom stereocenters. The van der Waals surface area contributed by atoms with E-state index in [1.165, 1.54) is 12.1 Å². The molecular formula is C19H29ClN2O5S. The van der Waals surface area contributed by atoms with Gasteiger partial charge in [-0.25, -0.2) is 8.42 Å². The number of amides is 1. The lowest BCUT2D eigenvalue weighted by molar-refractivity contribution is -0.132. The molecule has 1 atom stereocenters. The van der Waals surface area contributed by atoms with Gasteiger partial charge < -0.3 is 19.7 Å². The summed E-state index contributed by atoms with van der Waals surface area (Å²) in [5.74, 6) is 0.713. The summed E-state index contributed by atoms with van der Waals surface area (Å²) in [6.07, 6.45) is 2.53. The molecule has 0 radical (unpaired) electrons. The van der Waals surface area contributed by atoms with Crippen LogP contribution in [0.25, 0.3) is 0 Å². The van der Waals surface area contributed by atoms with Crippen LogP contribution in [0.5, 0.6) is 11.5 Å². The Kier molecular flexibility index (Phi) is 8.39. The molecule has 1 fully saturated rings. The molecule has 1 aromatic carbocycles. The van der Waals surface area contributed by atoms with Gasteiger partial charge >= 0.3 is 0 Å². The maximum atomic E-state index is 12.7. The van der Waals surface area contributed by atoms with Crippen LogP contribution in [0, 0.1) is 0 Å². The first-order valence-corrected chi connectivity index (χ1v) is 11.3. The Bertz CT molecular complexity index is 766. The van der Waals surface area contributed by atoms with E-state index in [-0.39, 0.29) is 41.4 Å². The summed E-state index contributed by atoms with van der Waals surface area (Å²) >= 11 is 0. The lowest BCUT2D eigenvalue weighted by Gasteiger charge is -2.28. The molecule has 0 bridgehead atoms. The number of benzene rings is 1. The third-order valence-electron chi connectivity index (χ3n) is 4.92. The topological polar surface area (TPSA) is 84.9 Å². The van der Waals surface area contributed by atoms with E-state index in [0.717, 1.165) is 32.4 Å². The summed E-state index contributed by atoms with van der Waals surface area (Å²) in [5.41, 5.74) is 0. The number of fused-ring (bicyclic) bond motifs is 1. The third-order valence-corrected chi connectivity index (χ3v) is 6.64. The Morgan fingerprint density at radius 2 is 2.00 bits per heavy atom. The van der Waals surface area contributed by atoms with Gasteiger partial charge in [0.15, 0.2) is 21.3 Å². The van der Waals surface area contributed by atoms with E-state index in [0.29, 0.717) is 31.3 Å². The molecule has 2 aliphatic rings. The van der Waals surface area contributed by atoms with Gasteiger partial charge in [-0.15, -0.1) is 12.4 Å². The molecule has 7 nitrogen and oxygen atoms in total. The first kappa shape index (κ1) is 22.8. The Balaban J connectivity index is 0.00000280. The number of nitrogens with one attached hydrogen (secondary N) is 1. The fourth-order valence-corrected chi connectivity index (χ4v) is 4.72. The van der Waals surface area contributed by atoms with E-state index in [2.05, 4.69) is 5.32 Å². The van der Waals surface area contributed by atoms with Gasteiger partial charge in [-0.1, -0.05) is 6.92 Å². The van der Waals surface area contributed by atoms with Crippen LogP contribution in [-0.2, 0) is 14.6 Å². The van der Waals surface area contributed by atoms with Crippen molar-refractivity contribution in [2.75, 3.05) is 38.6 Å². The van der Waals surface area contributed by atoms with Crippen LogP contribution >= 0.6 is 12.4 Å². The van der Waals surface area contributed by atoms with E-state index in [9.17, 15) is 13.2 Å². The summed E-state index contributed by atoms with van der Waals surface area (Å²) in [6.45, 7) is 5.41. The van der Waals surface area contributed by atoms with Crippen LogP contribution < -0.4 is 14.8 Å². The summed E-state index contributed by atoms with van der Waals surface area (Å²) in [6, 6.07) is 4.82. The highest BCUT2D eigenvalue weighted by molar-refractivity contribution is 7.91. The average molecular weight is 433 g/mol. The van der Waals surface area contributed by atoms with Crippen molar-refractivity contribution < 1.29 is 22.7 Å². The number of carbonyl (C=O) groups is 1. The van der Waals surface area contributed by atoms with Crippen LogP contribution in [0.2, 0.25) is 0 Å². The fraction of sp³-hybridized carbons (Fsp3) is 0.632. The molecule has 3 rings (SSSR count). The summed E-state index contributed by atoms with van der Waals surface area (Å²) in [7, 11) is -3.57. The predicted molar refractivity (Wildman–Crippen MR) is 109 cm³/mol. The van der Waals surface area contributed by atoms with Crippen molar-refractivity contribution in [3.05, 3.63) is 18.2 Å². The van der Waals surface area contributed by atoms with Crippen molar-refractivity contribution in [3.63, 3.8) is 0 Å². The molecule has 1 amide bonds. The van der Waals surface area contributed by atoms with Crippen molar-refractivity contribution in [3.8, 4) is 11.5 Å². The van der Waals surface area contributed by atoms with E-state index in [4.69, 9.17) is 9.47 Å². The molecule has 0 saturated carbocycles. The fourth-order valence-electron chi connectivity index (χ4n) is 3.48. The highest BCUT2D eigenvalue weighted by Gasteiger charge is 2.27. The van der Waals surface area contributed by atoms with E-state index < -0.39 is 9.84 Å². The second kappa shape index (κ2) is 10.3. The monoisotopic (exact) mass is 432 g/mol. The minimum atomic E-state index is -3.57. The molecule has 0 aromatic heterocycles. The van der Waals surface area contributed by atoms with Gasteiger partial charge in [-0.2, -0.15) is 0 Å². The number of sulfone groups is 1. The first-order valence-electron chi connectivity index (χ1n) is 9.64. The minimum absolute atomic E-state index is 0. The largest absolute Gasteiger partial charge is 0.490 e. The number of hydrogen-bond donors (Lipinski definition) is 1. The van der Waals surface area contributed by atoms with E-state index in [1.54, 1.807) is 6.07 Å². The lowest BCUT2D eigenvalue weighted by Crippen LogP contribution is -2.42.